The summed E-state index contributed by atoms with van der Waals surface area (Å²) in [5.41, 5.74) is 1.27. The molecule has 1 N–H and O–H groups in total. The smallest absolute Gasteiger partial charge is 0.240 e. The van der Waals surface area contributed by atoms with E-state index in [0.717, 1.165) is 51.6 Å². The summed E-state index contributed by atoms with van der Waals surface area (Å²) in [5, 5.41) is 3.25. The van der Waals surface area contributed by atoms with E-state index in [2.05, 4.69) is 17.4 Å². The fourth-order valence-electron chi connectivity index (χ4n) is 3.74. The van der Waals surface area contributed by atoms with Crippen LogP contribution in [0.4, 0.5) is 0 Å². The average molecular weight is 314 g/mol. The second-order valence-electron chi connectivity index (χ2n) is 6.64. The lowest BCUT2D eigenvalue weighted by Crippen LogP contribution is -2.48. The van der Waals surface area contributed by atoms with E-state index in [9.17, 15) is 9.59 Å². The molecule has 0 aliphatic carbocycles. The van der Waals surface area contributed by atoms with Gasteiger partial charge in [-0.25, -0.2) is 0 Å². The van der Waals surface area contributed by atoms with E-state index in [0.29, 0.717) is 6.42 Å². The van der Waals surface area contributed by atoms with Crippen LogP contribution in [0.3, 0.4) is 0 Å². The van der Waals surface area contributed by atoms with Crippen LogP contribution in [0.5, 0.6) is 0 Å². The second-order valence-corrected chi connectivity index (χ2v) is 6.64. The highest BCUT2D eigenvalue weighted by molar-refractivity contribution is 5.91. The maximum atomic E-state index is 12.6. The molecule has 0 aromatic heterocycles. The van der Waals surface area contributed by atoms with E-state index in [1.54, 1.807) is 0 Å². The number of carbonyl (C=O) groups excluding carboxylic acids is 2. The van der Waals surface area contributed by atoms with Crippen molar-refractivity contribution in [2.45, 2.75) is 57.0 Å². The van der Waals surface area contributed by atoms with Gasteiger partial charge in [-0.1, -0.05) is 30.3 Å². The number of hydrogen-bond donors (Lipinski definition) is 1. The molecule has 2 saturated heterocycles. The van der Waals surface area contributed by atoms with E-state index >= 15 is 0 Å². The van der Waals surface area contributed by atoms with Crippen molar-refractivity contribution < 1.29 is 9.59 Å². The number of amides is 1. The van der Waals surface area contributed by atoms with Crippen LogP contribution in [-0.2, 0) is 16.0 Å². The molecule has 2 aliphatic heterocycles. The Labute approximate surface area is 138 Å². The minimum Gasteiger partial charge on any atom is -0.331 e. The third-order valence-electron chi connectivity index (χ3n) is 5.00. The first-order valence-electron chi connectivity index (χ1n) is 8.86. The molecular formula is C19H26N2O2. The van der Waals surface area contributed by atoms with Crippen LogP contribution < -0.4 is 5.32 Å². The van der Waals surface area contributed by atoms with Crippen molar-refractivity contribution in [3.05, 3.63) is 35.9 Å². The van der Waals surface area contributed by atoms with Gasteiger partial charge in [0.2, 0.25) is 5.91 Å². The van der Waals surface area contributed by atoms with Crippen LogP contribution in [0.15, 0.2) is 30.3 Å². The van der Waals surface area contributed by atoms with E-state index in [1.807, 2.05) is 23.1 Å². The Kier molecular flexibility index (Phi) is 5.44. The lowest BCUT2D eigenvalue weighted by atomic mass is 10.0. The number of benzene rings is 1. The molecule has 0 bridgehead atoms. The summed E-state index contributed by atoms with van der Waals surface area (Å²) in [6.07, 6.45) is 6.11. The molecule has 23 heavy (non-hydrogen) atoms. The number of nitrogens with one attached hydrogen (secondary N) is 1. The molecule has 1 aromatic carbocycles. The van der Waals surface area contributed by atoms with Gasteiger partial charge in [0.15, 0.2) is 5.78 Å². The molecular weight excluding hydrogens is 288 g/mol. The Bertz CT molecular complexity index is 538. The van der Waals surface area contributed by atoms with Crippen molar-refractivity contribution in [1.29, 1.82) is 0 Å². The zero-order chi connectivity index (χ0) is 16.1. The highest BCUT2D eigenvalue weighted by Gasteiger charge is 2.37. The van der Waals surface area contributed by atoms with Gasteiger partial charge in [0.05, 0.1) is 12.1 Å². The van der Waals surface area contributed by atoms with Crippen molar-refractivity contribution in [3.8, 4) is 0 Å². The van der Waals surface area contributed by atoms with Crippen LogP contribution in [0, 0.1) is 0 Å². The molecule has 4 heteroatoms. The number of nitrogens with zero attached hydrogens (tertiary/aromatic N) is 1. The van der Waals surface area contributed by atoms with E-state index in [1.165, 1.54) is 5.56 Å². The molecule has 0 spiro atoms. The van der Waals surface area contributed by atoms with Crippen molar-refractivity contribution in [1.82, 2.24) is 10.2 Å². The zero-order valence-corrected chi connectivity index (χ0v) is 13.7. The first kappa shape index (κ1) is 16.2. The van der Waals surface area contributed by atoms with E-state index in [4.69, 9.17) is 0 Å². The lowest BCUT2D eigenvalue weighted by molar-refractivity contribution is -0.139. The van der Waals surface area contributed by atoms with Crippen LogP contribution in [0.1, 0.15) is 44.1 Å². The number of aryl methyl sites for hydroxylation is 1. The lowest BCUT2D eigenvalue weighted by Gasteiger charge is -2.26. The Morgan fingerprint density at radius 3 is 2.70 bits per heavy atom. The molecule has 2 aliphatic rings. The fourth-order valence-corrected chi connectivity index (χ4v) is 3.74. The summed E-state index contributed by atoms with van der Waals surface area (Å²) < 4.78 is 0. The maximum Gasteiger partial charge on any atom is 0.240 e. The topological polar surface area (TPSA) is 49.4 Å². The third-order valence-corrected chi connectivity index (χ3v) is 5.00. The largest absolute Gasteiger partial charge is 0.331 e. The standard InChI is InChI=1S/C19H26N2O2/c22-18(12-4-9-15-7-2-1-3-8-15)17-11-6-14-21(17)19(23)16-10-5-13-20-16/h1-3,7-8,16-17,20H,4-6,9-14H2/t16-,17?/m0/s1. The number of hydrogen-bond acceptors (Lipinski definition) is 3. The van der Waals surface area contributed by atoms with Crippen molar-refractivity contribution in [3.63, 3.8) is 0 Å². The van der Waals surface area contributed by atoms with Gasteiger partial charge in [0.1, 0.15) is 0 Å². The molecule has 1 unspecified atom stereocenters. The Balaban J connectivity index is 1.50. The minimum atomic E-state index is -0.180. The molecule has 4 nitrogen and oxygen atoms in total. The summed E-state index contributed by atoms with van der Waals surface area (Å²) in [7, 11) is 0. The summed E-state index contributed by atoms with van der Waals surface area (Å²) in [6, 6.07) is 10.0. The van der Waals surface area contributed by atoms with E-state index < -0.39 is 0 Å². The fraction of sp³-hybridized carbons (Fsp3) is 0.579. The number of Topliss-reactive ketones (excluding diaryl/α,β-unsaturated/α-hetero) is 1. The third kappa shape index (κ3) is 3.99. The Morgan fingerprint density at radius 2 is 1.96 bits per heavy atom. The van der Waals surface area contributed by atoms with E-state index in [-0.39, 0.29) is 23.8 Å². The van der Waals surface area contributed by atoms with Gasteiger partial charge in [-0.15, -0.1) is 0 Å². The predicted octanol–water partition coefficient (Wildman–Crippen LogP) is 2.32. The molecule has 0 saturated carbocycles. The number of rotatable bonds is 6. The summed E-state index contributed by atoms with van der Waals surface area (Å²) >= 11 is 0. The molecule has 3 rings (SSSR count). The number of carbonyl (C=O) groups is 2. The van der Waals surface area contributed by atoms with Crippen LogP contribution >= 0.6 is 0 Å². The molecule has 2 heterocycles. The second kappa shape index (κ2) is 7.73. The van der Waals surface area contributed by atoms with Crippen LogP contribution in [-0.4, -0.2) is 41.8 Å². The molecule has 1 amide bonds. The minimum absolute atomic E-state index is 0.0623. The van der Waals surface area contributed by atoms with Gasteiger partial charge in [0, 0.05) is 13.0 Å². The van der Waals surface area contributed by atoms with Crippen LogP contribution in [0.2, 0.25) is 0 Å². The monoisotopic (exact) mass is 314 g/mol. The Morgan fingerprint density at radius 1 is 1.13 bits per heavy atom. The van der Waals surface area contributed by atoms with Gasteiger partial charge in [-0.2, -0.15) is 0 Å². The molecule has 2 atom stereocenters. The molecule has 1 aromatic rings. The molecule has 2 fully saturated rings. The highest BCUT2D eigenvalue weighted by Crippen LogP contribution is 2.23. The van der Waals surface area contributed by atoms with Gasteiger partial charge in [-0.3, -0.25) is 9.59 Å². The summed E-state index contributed by atoms with van der Waals surface area (Å²) in [4.78, 5) is 27.0. The SMILES string of the molecule is O=C(CCCc1ccccc1)C1CCCN1C(=O)[C@@H]1CCCN1. The zero-order valence-electron chi connectivity index (χ0n) is 13.7. The van der Waals surface area contributed by atoms with Gasteiger partial charge in [0.25, 0.3) is 0 Å². The molecule has 124 valence electrons. The summed E-state index contributed by atoms with van der Waals surface area (Å²) in [5.74, 6) is 0.381. The first-order valence-corrected chi connectivity index (χ1v) is 8.86. The Hall–Kier alpha value is -1.68. The van der Waals surface area contributed by atoms with Gasteiger partial charge >= 0.3 is 0 Å². The van der Waals surface area contributed by atoms with Crippen molar-refractivity contribution >= 4 is 11.7 Å². The predicted molar refractivity (Wildman–Crippen MR) is 90.1 cm³/mol. The number of ketones is 1. The average Bonchev–Trinajstić information content (AvgIpc) is 3.27. The van der Waals surface area contributed by atoms with Crippen LogP contribution in [0.25, 0.3) is 0 Å². The quantitative estimate of drug-likeness (QED) is 0.877. The van der Waals surface area contributed by atoms with Crippen molar-refractivity contribution in [2.24, 2.45) is 0 Å². The molecule has 0 radical (unpaired) electrons. The summed E-state index contributed by atoms with van der Waals surface area (Å²) in [6.45, 7) is 1.66. The maximum absolute atomic E-state index is 12.6. The normalized spacial score (nSPS) is 24.1. The first-order chi connectivity index (χ1) is 11.3. The van der Waals surface area contributed by atoms with Gasteiger partial charge in [-0.05, 0) is 50.6 Å². The number of likely N-dealkylation sites (tertiary alicyclic amines) is 1. The highest BCUT2D eigenvalue weighted by atomic mass is 16.2. The van der Waals surface area contributed by atoms with Gasteiger partial charge < -0.3 is 10.2 Å². The van der Waals surface area contributed by atoms with Crippen molar-refractivity contribution in [2.75, 3.05) is 13.1 Å².